The molecule has 2 aromatic heterocycles. The Morgan fingerprint density at radius 3 is 2.47 bits per heavy atom. The van der Waals surface area contributed by atoms with Gasteiger partial charge in [0, 0.05) is 22.4 Å². The van der Waals surface area contributed by atoms with Crippen LogP contribution in [0.2, 0.25) is 0 Å². The van der Waals surface area contributed by atoms with Crippen molar-refractivity contribution >= 4 is 57.1 Å². The Bertz CT molecular complexity index is 990. The van der Waals surface area contributed by atoms with Gasteiger partial charge in [0.05, 0.1) is 15.8 Å². The van der Waals surface area contributed by atoms with Gasteiger partial charge in [0.2, 0.25) is 11.8 Å². The first kappa shape index (κ1) is 22.5. The minimum atomic E-state index is -0.277. The van der Waals surface area contributed by atoms with Gasteiger partial charge in [0.15, 0.2) is 5.13 Å². The Balaban J connectivity index is 1.52. The quantitative estimate of drug-likeness (QED) is 0.403. The fraction of sp³-hybridized carbons (Fsp3) is 0.318. The number of aromatic nitrogens is 1. The highest BCUT2D eigenvalue weighted by Gasteiger charge is 2.18. The van der Waals surface area contributed by atoms with Crippen LogP contribution in [-0.4, -0.2) is 22.0 Å². The smallest absolute Gasteiger partial charge is 0.239 e. The number of rotatable bonds is 7. The molecule has 30 heavy (non-hydrogen) atoms. The molecule has 0 aliphatic heterocycles. The summed E-state index contributed by atoms with van der Waals surface area (Å²) in [7, 11) is 0. The monoisotopic (exact) mass is 459 g/mol. The number of benzene rings is 1. The lowest BCUT2D eigenvalue weighted by Gasteiger charge is -2.17. The molecule has 1 aromatic carbocycles. The van der Waals surface area contributed by atoms with Crippen molar-refractivity contribution in [3.8, 4) is 10.6 Å². The Morgan fingerprint density at radius 2 is 1.83 bits per heavy atom. The van der Waals surface area contributed by atoms with Gasteiger partial charge in [-0.25, -0.2) is 4.98 Å². The highest BCUT2D eigenvalue weighted by molar-refractivity contribution is 8.00. The van der Waals surface area contributed by atoms with Gasteiger partial charge >= 0.3 is 0 Å². The van der Waals surface area contributed by atoms with Crippen molar-refractivity contribution in [2.75, 3.05) is 10.6 Å². The summed E-state index contributed by atoms with van der Waals surface area (Å²) in [5.74, 6) is -0.0874. The Morgan fingerprint density at radius 1 is 1.10 bits per heavy atom. The molecular weight excluding hydrogens is 434 g/mol. The molecule has 5 nitrogen and oxygen atoms in total. The van der Waals surface area contributed by atoms with E-state index in [9.17, 15) is 9.59 Å². The van der Waals surface area contributed by atoms with Crippen LogP contribution in [0.15, 0.2) is 52.1 Å². The second-order valence-corrected chi connectivity index (χ2v) is 11.3. The van der Waals surface area contributed by atoms with E-state index in [-0.39, 0.29) is 22.5 Å². The van der Waals surface area contributed by atoms with Gasteiger partial charge in [-0.2, -0.15) is 0 Å². The molecule has 1 unspecified atom stereocenters. The van der Waals surface area contributed by atoms with E-state index in [4.69, 9.17) is 0 Å². The molecule has 8 heteroatoms. The molecule has 3 aromatic rings. The third kappa shape index (κ3) is 6.68. The second-order valence-electron chi connectivity index (χ2n) is 8.07. The molecule has 0 aliphatic rings. The van der Waals surface area contributed by atoms with E-state index in [1.165, 1.54) is 23.1 Å². The van der Waals surface area contributed by atoms with Crippen molar-refractivity contribution in [3.05, 3.63) is 47.2 Å². The molecule has 0 saturated heterocycles. The van der Waals surface area contributed by atoms with E-state index < -0.39 is 0 Å². The zero-order valence-corrected chi connectivity index (χ0v) is 19.8. The summed E-state index contributed by atoms with van der Waals surface area (Å²) in [5.41, 5.74) is 1.59. The number of nitrogens with one attached hydrogen (secondary N) is 2. The van der Waals surface area contributed by atoms with Crippen LogP contribution in [0.25, 0.3) is 10.6 Å². The summed E-state index contributed by atoms with van der Waals surface area (Å²) < 4.78 is 0. The van der Waals surface area contributed by atoms with Crippen molar-refractivity contribution < 1.29 is 9.59 Å². The lowest BCUT2D eigenvalue weighted by molar-refractivity contribution is -0.118. The summed E-state index contributed by atoms with van der Waals surface area (Å²) in [6, 6.07) is 11.6. The van der Waals surface area contributed by atoms with E-state index >= 15 is 0 Å². The van der Waals surface area contributed by atoms with Gasteiger partial charge < -0.3 is 10.6 Å². The molecule has 3 rings (SSSR count). The molecule has 2 N–H and O–H groups in total. The summed E-state index contributed by atoms with van der Waals surface area (Å²) >= 11 is 4.52. The first-order chi connectivity index (χ1) is 14.2. The van der Waals surface area contributed by atoms with E-state index in [1.807, 2.05) is 74.9 Å². The Labute approximate surface area is 189 Å². The first-order valence-corrected chi connectivity index (χ1v) is 12.2. The molecule has 1 atom stereocenters. The van der Waals surface area contributed by atoms with Gasteiger partial charge in [-0.3, -0.25) is 9.59 Å². The molecule has 2 heterocycles. The number of nitrogens with zero attached hydrogens (tertiary/aromatic N) is 1. The second kappa shape index (κ2) is 9.76. The molecule has 0 aliphatic carbocycles. The van der Waals surface area contributed by atoms with Gasteiger partial charge in [-0.05, 0) is 48.1 Å². The number of thiophene rings is 1. The number of carbonyl (C=O) groups is 2. The highest BCUT2D eigenvalue weighted by Crippen LogP contribution is 2.30. The normalized spacial score (nSPS) is 12.4. The largest absolute Gasteiger partial charge is 0.326 e. The van der Waals surface area contributed by atoms with Crippen molar-refractivity contribution in [2.45, 2.75) is 44.3 Å². The summed E-state index contributed by atoms with van der Waals surface area (Å²) in [6.07, 6.45) is 0.464. The maximum absolute atomic E-state index is 12.5. The number of thiazole rings is 1. The van der Waals surface area contributed by atoms with Crippen LogP contribution in [0.5, 0.6) is 0 Å². The number of hydrogen-bond donors (Lipinski definition) is 2. The zero-order chi connectivity index (χ0) is 21.7. The van der Waals surface area contributed by atoms with E-state index in [0.717, 1.165) is 21.2 Å². The van der Waals surface area contributed by atoms with Crippen molar-refractivity contribution in [3.63, 3.8) is 0 Å². The van der Waals surface area contributed by atoms with Crippen molar-refractivity contribution in [1.29, 1.82) is 0 Å². The van der Waals surface area contributed by atoms with Crippen LogP contribution < -0.4 is 10.6 Å². The number of carbonyl (C=O) groups excluding carboxylic acids is 2. The van der Waals surface area contributed by atoms with E-state index in [0.29, 0.717) is 11.6 Å². The minimum absolute atomic E-state index is 0.000939. The highest BCUT2D eigenvalue weighted by atomic mass is 32.2. The van der Waals surface area contributed by atoms with Gasteiger partial charge in [0.25, 0.3) is 0 Å². The lowest BCUT2D eigenvalue weighted by atomic mass is 9.92. The minimum Gasteiger partial charge on any atom is -0.326 e. The average Bonchev–Trinajstić information content (AvgIpc) is 3.33. The van der Waals surface area contributed by atoms with Crippen molar-refractivity contribution in [2.24, 2.45) is 5.41 Å². The fourth-order valence-corrected chi connectivity index (χ4v) is 4.98. The first-order valence-electron chi connectivity index (χ1n) is 9.56. The number of thioether (sulfide) groups is 1. The number of hydrogen-bond acceptors (Lipinski definition) is 6. The van der Waals surface area contributed by atoms with Crippen molar-refractivity contribution in [1.82, 2.24) is 4.98 Å². The fourth-order valence-electron chi connectivity index (χ4n) is 2.64. The van der Waals surface area contributed by atoms with Crippen LogP contribution in [0, 0.1) is 5.41 Å². The maximum atomic E-state index is 12.5. The standard InChI is InChI=1S/C22H25N3O2S3/c1-14(20(27)25-21-24-17(13-29-21)18-6-5-11-28-18)30-16-9-7-15(8-10-16)23-19(26)12-22(2,3)4/h5-11,13-14H,12H2,1-4H3,(H,23,26)(H,24,25,27). The summed E-state index contributed by atoms with van der Waals surface area (Å²) in [5, 5.41) is 10.1. The molecule has 2 amide bonds. The molecule has 158 valence electrons. The van der Waals surface area contributed by atoms with Gasteiger partial charge in [-0.15, -0.1) is 34.4 Å². The zero-order valence-electron chi connectivity index (χ0n) is 17.4. The molecule has 0 saturated carbocycles. The lowest BCUT2D eigenvalue weighted by Crippen LogP contribution is -2.22. The van der Waals surface area contributed by atoms with Crippen LogP contribution in [0.4, 0.5) is 10.8 Å². The predicted octanol–water partition coefficient (Wildman–Crippen LogP) is 6.37. The topological polar surface area (TPSA) is 71.1 Å². The van der Waals surface area contributed by atoms with Crippen LogP contribution in [-0.2, 0) is 9.59 Å². The number of amides is 2. The third-order valence-electron chi connectivity index (χ3n) is 4.02. The van der Waals surface area contributed by atoms with Crippen LogP contribution in [0.1, 0.15) is 34.1 Å². The Kier molecular flexibility index (Phi) is 7.33. The SMILES string of the molecule is CC(Sc1ccc(NC(=O)CC(C)(C)C)cc1)C(=O)Nc1nc(-c2cccs2)cs1. The van der Waals surface area contributed by atoms with E-state index in [1.54, 1.807) is 11.3 Å². The summed E-state index contributed by atoms with van der Waals surface area (Å²) in [4.78, 5) is 31.1. The molecule has 0 bridgehead atoms. The number of anilines is 2. The van der Waals surface area contributed by atoms with Crippen LogP contribution in [0.3, 0.4) is 0 Å². The Hall–Kier alpha value is -2.16. The maximum Gasteiger partial charge on any atom is 0.239 e. The summed E-state index contributed by atoms with van der Waals surface area (Å²) in [6.45, 7) is 7.97. The average molecular weight is 460 g/mol. The molecule has 0 fully saturated rings. The van der Waals surface area contributed by atoms with Crippen LogP contribution >= 0.6 is 34.4 Å². The van der Waals surface area contributed by atoms with Gasteiger partial charge in [-0.1, -0.05) is 26.8 Å². The molecule has 0 spiro atoms. The molecule has 0 radical (unpaired) electrons. The van der Waals surface area contributed by atoms with Gasteiger partial charge in [0.1, 0.15) is 0 Å². The molecular formula is C22H25N3O2S3. The van der Waals surface area contributed by atoms with E-state index in [2.05, 4.69) is 15.6 Å². The predicted molar refractivity (Wildman–Crippen MR) is 129 cm³/mol. The third-order valence-corrected chi connectivity index (χ3v) is 6.78.